The van der Waals surface area contributed by atoms with E-state index in [-0.39, 0.29) is 0 Å². The summed E-state index contributed by atoms with van der Waals surface area (Å²) in [5.74, 6) is 0. The molecule has 0 heteroatoms. The molecular formula is C11H11. The molecule has 0 fully saturated rings. The topological polar surface area (TPSA) is 0 Å². The zero-order valence-corrected chi connectivity index (χ0v) is 6.40. The maximum absolute atomic E-state index is 3.01. The van der Waals surface area contributed by atoms with Crippen LogP contribution in [0.15, 0.2) is 54.7 Å². The number of allylic oxidation sites excluding steroid dienone is 10. The van der Waals surface area contributed by atoms with Crippen molar-refractivity contribution >= 4 is 0 Å². The van der Waals surface area contributed by atoms with E-state index in [0.717, 1.165) is 6.42 Å². The zero-order valence-electron chi connectivity index (χ0n) is 6.40. The first-order valence-electron chi connectivity index (χ1n) is 3.73. The molecule has 0 atom stereocenters. The average Bonchev–Trinajstić information content (AvgIpc) is 2.08. The Hall–Kier alpha value is -1.30. The van der Waals surface area contributed by atoms with Gasteiger partial charge in [-0.2, -0.15) is 0 Å². The largest absolute Gasteiger partial charge is 0.0807 e. The molecule has 1 rings (SSSR count). The molecule has 0 N–H and O–H groups in total. The molecule has 0 saturated heterocycles. The number of rotatable bonds is 0. The normalized spacial score (nSPS) is 31.3. The van der Waals surface area contributed by atoms with Crippen LogP contribution in [0.2, 0.25) is 0 Å². The lowest BCUT2D eigenvalue weighted by Gasteiger charge is -1.76. The summed E-state index contributed by atoms with van der Waals surface area (Å²) in [6.07, 6.45) is 22.0. The van der Waals surface area contributed by atoms with Crippen molar-refractivity contribution in [3.8, 4) is 0 Å². The summed E-state index contributed by atoms with van der Waals surface area (Å²) in [5.41, 5.74) is 0. The van der Waals surface area contributed by atoms with Crippen LogP contribution in [0.1, 0.15) is 6.42 Å². The van der Waals surface area contributed by atoms with Gasteiger partial charge in [-0.05, 0) is 12.5 Å². The van der Waals surface area contributed by atoms with Gasteiger partial charge in [0.25, 0.3) is 0 Å². The lowest BCUT2D eigenvalue weighted by molar-refractivity contribution is 1.39. The summed E-state index contributed by atoms with van der Waals surface area (Å²) in [6, 6.07) is 0. The SMILES string of the molecule is [C]1=C\C=C\C=C/C/C=C\C=C/1. The van der Waals surface area contributed by atoms with Crippen LogP contribution in [0.4, 0.5) is 0 Å². The summed E-state index contributed by atoms with van der Waals surface area (Å²) < 4.78 is 0. The van der Waals surface area contributed by atoms with E-state index in [4.69, 9.17) is 0 Å². The standard InChI is InChI=1S/C11H11/c1-2-4-6-8-10-11-9-7-5-3-1/h1-5,8-11H,6H2/b3-1+,4-2-,7-5?,10-8-,11-9-. The van der Waals surface area contributed by atoms with Crippen LogP contribution in [-0.4, -0.2) is 0 Å². The van der Waals surface area contributed by atoms with Crippen molar-refractivity contribution < 1.29 is 0 Å². The molecule has 0 heterocycles. The van der Waals surface area contributed by atoms with Crippen LogP contribution in [0, 0.1) is 6.08 Å². The van der Waals surface area contributed by atoms with Gasteiger partial charge >= 0.3 is 0 Å². The van der Waals surface area contributed by atoms with Crippen LogP contribution in [0.3, 0.4) is 0 Å². The van der Waals surface area contributed by atoms with Crippen molar-refractivity contribution in [1.82, 2.24) is 0 Å². The highest BCUT2D eigenvalue weighted by molar-refractivity contribution is 5.16. The summed E-state index contributed by atoms with van der Waals surface area (Å²) in [5, 5.41) is 0. The Balaban J connectivity index is 2.61. The zero-order chi connectivity index (χ0) is 7.78. The highest BCUT2D eigenvalue weighted by Crippen LogP contribution is 1.90. The fourth-order valence-corrected chi connectivity index (χ4v) is 0.735. The van der Waals surface area contributed by atoms with Crippen LogP contribution < -0.4 is 0 Å². The molecule has 1 aliphatic carbocycles. The summed E-state index contributed by atoms with van der Waals surface area (Å²) in [4.78, 5) is 0. The monoisotopic (exact) mass is 143 g/mol. The van der Waals surface area contributed by atoms with Crippen molar-refractivity contribution in [2.24, 2.45) is 0 Å². The molecular weight excluding hydrogens is 132 g/mol. The Bertz CT molecular complexity index is 200. The predicted molar refractivity (Wildman–Crippen MR) is 49.0 cm³/mol. The smallest absolute Gasteiger partial charge is 0.0163 e. The van der Waals surface area contributed by atoms with Crippen LogP contribution in [-0.2, 0) is 0 Å². The van der Waals surface area contributed by atoms with Crippen molar-refractivity contribution in [2.75, 3.05) is 0 Å². The van der Waals surface area contributed by atoms with E-state index in [9.17, 15) is 0 Å². The fraction of sp³-hybridized carbons (Fsp3) is 0.0909. The second-order valence-corrected chi connectivity index (χ2v) is 2.17. The third-order valence-electron chi connectivity index (χ3n) is 1.26. The molecule has 55 valence electrons. The van der Waals surface area contributed by atoms with Crippen LogP contribution in [0.25, 0.3) is 0 Å². The highest BCUT2D eigenvalue weighted by atomic mass is 13.8. The first-order valence-corrected chi connectivity index (χ1v) is 3.73. The second-order valence-electron chi connectivity index (χ2n) is 2.17. The Kier molecular flexibility index (Phi) is 3.89. The minimum absolute atomic E-state index is 0.995. The Morgan fingerprint density at radius 1 is 0.818 bits per heavy atom. The third kappa shape index (κ3) is 4.15. The van der Waals surface area contributed by atoms with Crippen LogP contribution >= 0.6 is 0 Å². The minimum Gasteiger partial charge on any atom is -0.0807 e. The van der Waals surface area contributed by atoms with Gasteiger partial charge in [0.2, 0.25) is 0 Å². The molecule has 0 bridgehead atoms. The lowest BCUT2D eigenvalue weighted by atomic mass is 10.3. The van der Waals surface area contributed by atoms with E-state index in [2.05, 4.69) is 18.2 Å². The molecule has 1 radical (unpaired) electrons. The minimum atomic E-state index is 0.995. The van der Waals surface area contributed by atoms with Gasteiger partial charge in [0.15, 0.2) is 0 Å². The molecule has 0 spiro atoms. The number of hydrogen-bond donors (Lipinski definition) is 0. The Morgan fingerprint density at radius 2 is 1.64 bits per heavy atom. The van der Waals surface area contributed by atoms with E-state index in [1.165, 1.54) is 0 Å². The number of hydrogen-bond acceptors (Lipinski definition) is 0. The molecule has 0 aromatic heterocycles. The van der Waals surface area contributed by atoms with E-state index in [0.29, 0.717) is 0 Å². The Morgan fingerprint density at radius 3 is 2.55 bits per heavy atom. The van der Waals surface area contributed by atoms with E-state index < -0.39 is 0 Å². The lowest BCUT2D eigenvalue weighted by Crippen LogP contribution is -1.55. The molecule has 0 unspecified atom stereocenters. The van der Waals surface area contributed by atoms with Crippen LogP contribution in [0.5, 0.6) is 0 Å². The quantitative estimate of drug-likeness (QED) is 0.489. The molecule has 11 heavy (non-hydrogen) atoms. The summed E-state index contributed by atoms with van der Waals surface area (Å²) >= 11 is 0. The van der Waals surface area contributed by atoms with E-state index in [1.54, 1.807) is 0 Å². The van der Waals surface area contributed by atoms with Gasteiger partial charge in [-0.3, -0.25) is 0 Å². The molecule has 0 aliphatic heterocycles. The van der Waals surface area contributed by atoms with E-state index >= 15 is 0 Å². The molecule has 0 aromatic carbocycles. The summed E-state index contributed by atoms with van der Waals surface area (Å²) in [7, 11) is 0. The maximum atomic E-state index is 3.01. The first kappa shape index (κ1) is 7.80. The van der Waals surface area contributed by atoms with Crippen molar-refractivity contribution in [1.29, 1.82) is 0 Å². The van der Waals surface area contributed by atoms with Crippen molar-refractivity contribution in [3.63, 3.8) is 0 Å². The summed E-state index contributed by atoms with van der Waals surface area (Å²) in [6.45, 7) is 0. The van der Waals surface area contributed by atoms with Gasteiger partial charge in [-0.25, -0.2) is 0 Å². The van der Waals surface area contributed by atoms with Gasteiger partial charge in [-0.15, -0.1) is 0 Å². The first-order chi connectivity index (χ1) is 5.50. The highest BCUT2D eigenvalue weighted by Gasteiger charge is 1.70. The van der Waals surface area contributed by atoms with Crippen molar-refractivity contribution in [2.45, 2.75) is 6.42 Å². The maximum Gasteiger partial charge on any atom is -0.0163 e. The Labute approximate surface area is 67.9 Å². The fourth-order valence-electron chi connectivity index (χ4n) is 0.735. The molecule has 0 amide bonds. The third-order valence-corrected chi connectivity index (χ3v) is 1.26. The second kappa shape index (κ2) is 5.48. The predicted octanol–water partition coefficient (Wildman–Crippen LogP) is 2.97. The van der Waals surface area contributed by atoms with Gasteiger partial charge in [-0.1, -0.05) is 54.7 Å². The molecule has 1 aliphatic rings. The molecule has 0 saturated carbocycles. The van der Waals surface area contributed by atoms with E-state index in [1.807, 2.05) is 42.5 Å². The molecule has 0 nitrogen and oxygen atoms in total. The average molecular weight is 143 g/mol. The van der Waals surface area contributed by atoms with Crippen molar-refractivity contribution in [3.05, 3.63) is 60.8 Å². The van der Waals surface area contributed by atoms with Gasteiger partial charge in [0.05, 0.1) is 0 Å². The van der Waals surface area contributed by atoms with Gasteiger partial charge < -0.3 is 0 Å². The molecule has 0 aromatic rings. The van der Waals surface area contributed by atoms with Gasteiger partial charge in [0, 0.05) is 0 Å². The van der Waals surface area contributed by atoms with Gasteiger partial charge in [0.1, 0.15) is 0 Å².